The Morgan fingerprint density at radius 3 is 2.66 bits per heavy atom. The van der Waals surface area contributed by atoms with Gasteiger partial charge in [0.1, 0.15) is 5.82 Å². The number of carbonyl (C=O) groups is 1. The number of nitrogens with one attached hydrogen (secondary N) is 1. The molecule has 2 fully saturated rings. The van der Waals surface area contributed by atoms with E-state index >= 15 is 0 Å². The van der Waals surface area contributed by atoms with E-state index in [1.807, 2.05) is 17.1 Å². The molecule has 2 aromatic rings. The quantitative estimate of drug-likeness (QED) is 0.549. The van der Waals surface area contributed by atoms with Crippen molar-refractivity contribution < 1.29 is 4.79 Å². The smallest absolute Gasteiger partial charge is 0.220 e. The Hall–Kier alpha value is -1.83. The third-order valence-electron chi connectivity index (χ3n) is 6.14. The largest absolute Gasteiger partial charge is 0.356 e. The van der Waals surface area contributed by atoms with Gasteiger partial charge in [-0.15, -0.1) is 0 Å². The lowest BCUT2D eigenvalue weighted by atomic mass is 9.87. The van der Waals surface area contributed by atoms with Gasteiger partial charge in [-0.3, -0.25) is 4.79 Å². The maximum Gasteiger partial charge on any atom is 0.220 e. The van der Waals surface area contributed by atoms with Crippen LogP contribution < -0.4 is 10.2 Å². The van der Waals surface area contributed by atoms with Crippen molar-refractivity contribution in [3.05, 3.63) is 6.20 Å². The van der Waals surface area contributed by atoms with Gasteiger partial charge in [0.05, 0.1) is 18.1 Å². The van der Waals surface area contributed by atoms with E-state index in [1.54, 1.807) is 11.8 Å². The number of fused-ring (bicyclic) bond motifs is 1. The second-order valence-corrected chi connectivity index (χ2v) is 9.02. The van der Waals surface area contributed by atoms with Gasteiger partial charge < -0.3 is 10.2 Å². The van der Waals surface area contributed by atoms with Gasteiger partial charge in [-0.05, 0) is 44.3 Å². The highest BCUT2D eigenvalue weighted by Gasteiger charge is 2.20. The van der Waals surface area contributed by atoms with Crippen LogP contribution in [0.25, 0.3) is 11.0 Å². The Balaban J connectivity index is 1.41. The van der Waals surface area contributed by atoms with Gasteiger partial charge in [0.2, 0.25) is 5.91 Å². The fourth-order valence-corrected chi connectivity index (χ4v) is 4.91. The zero-order valence-electron chi connectivity index (χ0n) is 17.4. The number of piperidine rings is 1. The first kappa shape index (κ1) is 20.4. The van der Waals surface area contributed by atoms with Gasteiger partial charge in [0.25, 0.3) is 0 Å². The van der Waals surface area contributed by atoms with Crippen LogP contribution >= 0.6 is 11.8 Å². The molecule has 1 saturated heterocycles. The molecule has 2 aliphatic rings. The first-order valence-electron chi connectivity index (χ1n) is 11.0. The molecule has 4 rings (SSSR count). The standard InChI is InChI=1S/C21H32N6OS/c1-29-21-24-19(26-11-6-3-7-12-26)17-15-23-27(20(17)25-21)13-10-22-18(28)14-16-8-4-2-5-9-16/h15-16H,2-14H2,1H3,(H,22,28). The van der Waals surface area contributed by atoms with Gasteiger partial charge in [-0.25, -0.2) is 14.6 Å². The van der Waals surface area contributed by atoms with Crippen LogP contribution in [0.15, 0.2) is 11.4 Å². The Morgan fingerprint density at radius 2 is 1.90 bits per heavy atom. The third kappa shape index (κ3) is 5.02. The summed E-state index contributed by atoms with van der Waals surface area (Å²) in [5.74, 6) is 1.74. The molecule has 0 bridgehead atoms. The fraction of sp³-hybridized carbons (Fsp3) is 0.714. The molecule has 158 valence electrons. The Morgan fingerprint density at radius 1 is 1.14 bits per heavy atom. The first-order chi connectivity index (χ1) is 14.2. The highest BCUT2D eigenvalue weighted by Crippen LogP contribution is 2.28. The summed E-state index contributed by atoms with van der Waals surface area (Å²) >= 11 is 1.56. The average molecular weight is 417 g/mol. The molecule has 1 N–H and O–H groups in total. The maximum absolute atomic E-state index is 12.3. The van der Waals surface area contributed by atoms with Gasteiger partial charge in [-0.2, -0.15) is 5.10 Å². The number of nitrogens with zero attached hydrogens (tertiary/aromatic N) is 5. The SMILES string of the molecule is CSc1nc(N2CCCCC2)c2cnn(CCNC(=O)CC3CCCCC3)c2n1. The summed E-state index contributed by atoms with van der Waals surface area (Å²) in [5, 5.41) is 9.44. The summed E-state index contributed by atoms with van der Waals surface area (Å²) in [6.45, 7) is 3.30. The van der Waals surface area contributed by atoms with Gasteiger partial charge in [0, 0.05) is 26.1 Å². The molecule has 3 heterocycles. The van der Waals surface area contributed by atoms with E-state index in [9.17, 15) is 4.79 Å². The number of thioether (sulfide) groups is 1. The first-order valence-corrected chi connectivity index (χ1v) is 12.3. The van der Waals surface area contributed by atoms with Crippen LogP contribution in [0.4, 0.5) is 5.82 Å². The lowest BCUT2D eigenvalue weighted by molar-refractivity contribution is -0.122. The molecule has 0 atom stereocenters. The molecule has 0 unspecified atom stereocenters. The Kier molecular flexibility index (Phi) is 6.90. The molecule has 1 saturated carbocycles. The molecule has 7 nitrogen and oxygen atoms in total. The maximum atomic E-state index is 12.3. The van der Waals surface area contributed by atoms with Gasteiger partial charge in [-0.1, -0.05) is 31.0 Å². The fourth-order valence-electron chi connectivity index (χ4n) is 4.55. The van der Waals surface area contributed by atoms with Crippen molar-refractivity contribution in [1.29, 1.82) is 0 Å². The minimum atomic E-state index is 0.168. The monoisotopic (exact) mass is 416 g/mol. The van der Waals surface area contributed by atoms with Crippen LogP contribution in [0, 0.1) is 5.92 Å². The molecule has 0 radical (unpaired) electrons. The number of hydrogen-bond donors (Lipinski definition) is 1. The van der Waals surface area contributed by atoms with Crippen LogP contribution in [0.3, 0.4) is 0 Å². The highest BCUT2D eigenvalue weighted by molar-refractivity contribution is 7.98. The molecule has 2 aromatic heterocycles. The van der Waals surface area contributed by atoms with E-state index in [2.05, 4.69) is 15.3 Å². The second kappa shape index (κ2) is 9.78. The molecule has 8 heteroatoms. The van der Waals surface area contributed by atoms with Crippen molar-refractivity contribution >= 4 is 34.5 Å². The molecule has 29 heavy (non-hydrogen) atoms. The van der Waals surface area contributed by atoms with E-state index in [0.717, 1.165) is 35.1 Å². The van der Waals surface area contributed by atoms with Crippen LogP contribution in [0.1, 0.15) is 57.8 Å². The molecular weight excluding hydrogens is 384 g/mol. The number of carbonyl (C=O) groups excluding carboxylic acids is 1. The number of amides is 1. The Labute approximate surface area is 177 Å². The van der Waals surface area contributed by atoms with Crippen molar-refractivity contribution in [2.45, 2.75) is 69.5 Å². The molecule has 0 aromatic carbocycles. The summed E-state index contributed by atoms with van der Waals surface area (Å²) in [4.78, 5) is 24.2. The topological polar surface area (TPSA) is 75.9 Å². The van der Waals surface area contributed by atoms with Crippen molar-refractivity contribution in [3.63, 3.8) is 0 Å². The zero-order valence-corrected chi connectivity index (χ0v) is 18.2. The average Bonchev–Trinajstić information content (AvgIpc) is 3.17. The van der Waals surface area contributed by atoms with Crippen LogP contribution in [-0.4, -0.2) is 51.5 Å². The summed E-state index contributed by atoms with van der Waals surface area (Å²) in [6.07, 6.45) is 14.5. The molecular formula is C21H32N6OS. The van der Waals surface area contributed by atoms with Crippen LogP contribution in [0.5, 0.6) is 0 Å². The minimum absolute atomic E-state index is 0.168. The second-order valence-electron chi connectivity index (χ2n) is 8.24. The van der Waals surface area contributed by atoms with Crippen molar-refractivity contribution in [2.75, 3.05) is 30.8 Å². The normalized spacial score (nSPS) is 18.3. The summed E-state index contributed by atoms with van der Waals surface area (Å²) < 4.78 is 1.91. The lowest BCUT2D eigenvalue weighted by Crippen LogP contribution is -2.30. The van der Waals surface area contributed by atoms with Crippen molar-refractivity contribution in [2.24, 2.45) is 5.92 Å². The van der Waals surface area contributed by atoms with Gasteiger partial charge >= 0.3 is 0 Å². The van der Waals surface area contributed by atoms with E-state index in [4.69, 9.17) is 9.97 Å². The molecule has 1 aliphatic heterocycles. The number of aromatic nitrogens is 4. The number of hydrogen-bond acceptors (Lipinski definition) is 6. The number of anilines is 1. The van der Waals surface area contributed by atoms with E-state index in [0.29, 0.717) is 25.4 Å². The van der Waals surface area contributed by atoms with E-state index in [-0.39, 0.29) is 5.91 Å². The van der Waals surface area contributed by atoms with Crippen LogP contribution in [-0.2, 0) is 11.3 Å². The van der Waals surface area contributed by atoms with Gasteiger partial charge in [0.15, 0.2) is 10.8 Å². The number of rotatable bonds is 7. The van der Waals surface area contributed by atoms with Crippen molar-refractivity contribution in [3.8, 4) is 0 Å². The molecule has 0 spiro atoms. The molecule has 1 aliphatic carbocycles. The highest BCUT2D eigenvalue weighted by atomic mass is 32.2. The predicted octanol–water partition coefficient (Wildman–Crippen LogP) is 3.63. The summed E-state index contributed by atoms with van der Waals surface area (Å²) in [6, 6.07) is 0. The third-order valence-corrected chi connectivity index (χ3v) is 6.69. The lowest BCUT2D eigenvalue weighted by Gasteiger charge is -2.28. The summed E-state index contributed by atoms with van der Waals surface area (Å²) in [5.41, 5.74) is 0.867. The zero-order chi connectivity index (χ0) is 20.1. The predicted molar refractivity (Wildman–Crippen MR) is 117 cm³/mol. The van der Waals surface area contributed by atoms with Crippen LogP contribution in [0.2, 0.25) is 0 Å². The van der Waals surface area contributed by atoms with Crippen molar-refractivity contribution in [1.82, 2.24) is 25.1 Å². The van der Waals surface area contributed by atoms with E-state index in [1.165, 1.54) is 51.4 Å². The molecule has 1 amide bonds. The summed E-state index contributed by atoms with van der Waals surface area (Å²) in [7, 11) is 0. The van der Waals surface area contributed by atoms with E-state index < -0.39 is 0 Å². The minimum Gasteiger partial charge on any atom is -0.356 e. The Bertz CT molecular complexity index is 826.